The molecule has 3 nitrogen and oxygen atoms in total. The number of allylic oxidation sites excluding steroid dienone is 12. The number of rotatable bonds is 8. The Morgan fingerprint density at radius 1 is 0.672 bits per heavy atom. The highest BCUT2D eigenvalue weighted by Gasteiger charge is 2.51. The summed E-state index contributed by atoms with van der Waals surface area (Å²) in [4.78, 5) is 12.7. The average Bonchev–Trinajstić information content (AvgIpc) is 3.63. The van der Waals surface area contributed by atoms with Crippen LogP contribution in [0.4, 0.5) is 17.1 Å². The summed E-state index contributed by atoms with van der Waals surface area (Å²) in [5.41, 5.74) is 16.4. The highest BCUT2D eigenvalue weighted by Crippen LogP contribution is 2.61. The molecule has 3 heteroatoms. The third-order valence-electron chi connectivity index (χ3n) is 12.6. The first-order valence-corrected chi connectivity index (χ1v) is 21.3. The molecule has 0 saturated heterocycles. The quantitative estimate of drug-likeness (QED) is 0.144. The van der Waals surface area contributed by atoms with Crippen LogP contribution in [0.5, 0.6) is 0 Å². The van der Waals surface area contributed by atoms with Crippen LogP contribution in [0.3, 0.4) is 0 Å². The fourth-order valence-corrected chi connectivity index (χ4v) is 9.77. The second-order valence-electron chi connectivity index (χ2n) is 16.2. The van der Waals surface area contributed by atoms with Gasteiger partial charge in [0.1, 0.15) is 0 Å². The Morgan fingerprint density at radius 3 is 2.02 bits per heavy atom. The molecule has 3 aliphatic rings. The lowest BCUT2D eigenvalue weighted by atomic mass is 9.64. The van der Waals surface area contributed by atoms with Gasteiger partial charge in [-0.2, -0.15) is 0 Å². The molecule has 1 atom stereocenters. The van der Waals surface area contributed by atoms with Crippen LogP contribution in [0.2, 0.25) is 0 Å². The molecule has 2 heterocycles. The number of fused-ring (bicyclic) bond motifs is 7. The zero-order chi connectivity index (χ0) is 41.5. The molecule has 0 fully saturated rings. The number of hydrogen-bond acceptors (Lipinski definition) is 3. The molecular weight excluding hydrogens is 739 g/mol. The Bertz CT molecular complexity index is 3000. The Labute approximate surface area is 359 Å². The van der Waals surface area contributed by atoms with Gasteiger partial charge in [0.15, 0.2) is 5.82 Å². The smallest absolute Gasteiger partial charge is 0.160 e. The van der Waals surface area contributed by atoms with Crippen molar-refractivity contribution in [3.05, 3.63) is 252 Å². The van der Waals surface area contributed by atoms with Gasteiger partial charge in [-0.3, -0.25) is 0 Å². The molecule has 7 aromatic rings. The summed E-state index contributed by atoms with van der Waals surface area (Å²) in [6.45, 7) is 12.7. The molecule has 6 aromatic carbocycles. The van der Waals surface area contributed by atoms with E-state index in [1.54, 1.807) is 0 Å². The maximum atomic E-state index is 5.22. The van der Waals surface area contributed by atoms with Crippen LogP contribution >= 0.6 is 0 Å². The first-order chi connectivity index (χ1) is 30.0. The number of nitrogens with zero attached hydrogens (tertiary/aromatic N) is 3. The maximum absolute atomic E-state index is 5.22. The number of aromatic nitrogens is 2. The topological polar surface area (TPSA) is 29.0 Å². The van der Waals surface area contributed by atoms with E-state index in [2.05, 4.69) is 207 Å². The fourth-order valence-electron chi connectivity index (χ4n) is 9.77. The van der Waals surface area contributed by atoms with Crippen molar-refractivity contribution >= 4 is 44.6 Å². The second kappa shape index (κ2) is 15.7. The fraction of sp³-hybridized carbons (Fsp3) is 0.103. The van der Waals surface area contributed by atoms with E-state index in [-0.39, 0.29) is 0 Å². The van der Waals surface area contributed by atoms with E-state index in [4.69, 9.17) is 9.97 Å². The lowest BCUT2D eigenvalue weighted by Gasteiger charge is -2.45. The standard InChI is InChI=1S/C58H47N3/c1-5-40(6-2)53-38-54(60-57(59-53)46-21-17-18-39(4)34-46)41(7-3)30-32-48-37-47-36-45(44-29-28-42-19-11-12-20-43(42)35-44)31-33-50(47)58(48)51-24-13-15-26-55(51)61(49-22-9-8-10-23-49)56-27-16-14-25-52(56)58/h5-17,19-36,38-39H,1,3,18,37H2,2,4H3/b40-6+,41-30+,48-32+. The summed E-state index contributed by atoms with van der Waals surface area (Å²) < 4.78 is 0. The van der Waals surface area contributed by atoms with E-state index in [1.807, 2.05) is 19.1 Å². The van der Waals surface area contributed by atoms with E-state index in [0.717, 1.165) is 46.6 Å². The Balaban J connectivity index is 1.20. The molecule has 2 aliphatic carbocycles. The Morgan fingerprint density at radius 2 is 1.31 bits per heavy atom. The molecular formula is C58H47N3. The van der Waals surface area contributed by atoms with Gasteiger partial charge in [0.2, 0.25) is 0 Å². The summed E-state index contributed by atoms with van der Waals surface area (Å²) in [6.07, 6.45) is 18.9. The van der Waals surface area contributed by atoms with Crippen LogP contribution in [-0.2, 0) is 11.8 Å². The molecule has 1 unspecified atom stereocenters. The largest absolute Gasteiger partial charge is 0.310 e. The molecule has 0 radical (unpaired) electrons. The summed E-state index contributed by atoms with van der Waals surface area (Å²) in [5, 5.41) is 2.49. The van der Waals surface area contributed by atoms with E-state index >= 15 is 0 Å². The molecule has 0 N–H and O–H groups in total. The predicted octanol–water partition coefficient (Wildman–Crippen LogP) is 14.7. The highest BCUT2D eigenvalue weighted by molar-refractivity contribution is 5.92. The minimum absolute atomic E-state index is 0.413. The van der Waals surface area contributed by atoms with Crippen molar-refractivity contribution in [2.24, 2.45) is 5.92 Å². The van der Waals surface area contributed by atoms with Gasteiger partial charge in [0, 0.05) is 11.3 Å². The van der Waals surface area contributed by atoms with Gasteiger partial charge in [-0.25, -0.2) is 9.97 Å². The van der Waals surface area contributed by atoms with Crippen molar-refractivity contribution in [1.82, 2.24) is 9.97 Å². The minimum atomic E-state index is -0.560. The third kappa shape index (κ3) is 6.45. The van der Waals surface area contributed by atoms with Crippen molar-refractivity contribution in [3.8, 4) is 11.1 Å². The molecule has 61 heavy (non-hydrogen) atoms. The molecule has 0 amide bonds. The van der Waals surface area contributed by atoms with Crippen LogP contribution in [0.15, 0.2) is 213 Å². The number of para-hydroxylation sites is 3. The van der Waals surface area contributed by atoms with Crippen LogP contribution in [0.25, 0.3) is 38.6 Å². The number of anilines is 3. The minimum Gasteiger partial charge on any atom is -0.310 e. The van der Waals surface area contributed by atoms with Gasteiger partial charge >= 0.3 is 0 Å². The van der Waals surface area contributed by atoms with Crippen molar-refractivity contribution in [2.75, 3.05) is 4.90 Å². The van der Waals surface area contributed by atoms with E-state index < -0.39 is 5.41 Å². The van der Waals surface area contributed by atoms with Crippen LogP contribution < -0.4 is 4.90 Å². The van der Waals surface area contributed by atoms with Crippen LogP contribution in [0.1, 0.15) is 59.7 Å². The summed E-state index contributed by atoms with van der Waals surface area (Å²) in [5.74, 6) is 1.12. The molecule has 0 saturated carbocycles. The zero-order valence-corrected chi connectivity index (χ0v) is 34.7. The summed E-state index contributed by atoms with van der Waals surface area (Å²) in [6, 6.07) is 53.3. The predicted molar refractivity (Wildman–Crippen MR) is 257 cm³/mol. The molecule has 10 rings (SSSR count). The molecule has 0 bridgehead atoms. The SMILES string of the molecule is C=C/C(=C\C)c1cc(/C(C=C)=C/C=C2\Cc3cc(-c4ccc5ccccc5c4)ccc3C23c2ccccc2N(c2ccccc2)c2ccccc23)nc(C2=CC(C)CC=C2)n1. The monoisotopic (exact) mass is 785 g/mol. The third-order valence-corrected chi connectivity index (χ3v) is 12.6. The first kappa shape index (κ1) is 37.9. The van der Waals surface area contributed by atoms with Gasteiger partial charge in [-0.15, -0.1) is 0 Å². The number of hydrogen-bond donors (Lipinski definition) is 0. The molecule has 1 aliphatic heterocycles. The normalized spacial score (nSPS) is 17.2. The van der Waals surface area contributed by atoms with E-state index in [0.29, 0.717) is 11.7 Å². The summed E-state index contributed by atoms with van der Waals surface area (Å²) in [7, 11) is 0. The Kier molecular flexibility index (Phi) is 9.73. The number of benzene rings is 6. The van der Waals surface area contributed by atoms with Gasteiger partial charge in [0.05, 0.1) is 28.2 Å². The lowest BCUT2D eigenvalue weighted by Crippen LogP contribution is -2.36. The van der Waals surface area contributed by atoms with Crippen molar-refractivity contribution in [2.45, 2.75) is 32.1 Å². The van der Waals surface area contributed by atoms with Gasteiger partial charge in [-0.05, 0) is 123 Å². The molecule has 1 spiro atoms. The molecule has 294 valence electrons. The van der Waals surface area contributed by atoms with E-state index in [1.165, 1.54) is 61.1 Å². The van der Waals surface area contributed by atoms with Crippen molar-refractivity contribution < 1.29 is 0 Å². The van der Waals surface area contributed by atoms with E-state index in [9.17, 15) is 0 Å². The zero-order valence-electron chi connectivity index (χ0n) is 34.7. The van der Waals surface area contributed by atoms with Crippen LogP contribution in [0, 0.1) is 5.92 Å². The highest BCUT2D eigenvalue weighted by atomic mass is 15.2. The van der Waals surface area contributed by atoms with Gasteiger partial charge in [0.25, 0.3) is 0 Å². The van der Waals surface area contributed by atoms with Crippen molar-refractivity contribution in [1.29, 1.82) is 0 Å². The van der Waals surface area contributed by atoms with Gasteiger partial charge in [-0.1, -0.05) is 178 Å². The lowest BCUT2D eigenvalue weighted by molar-refractivity contribution is 0.734. The Hall–Kier alpha value is -7.36. The first-order valence-electron chi connectivity index (χ1n) is 21.3. The maximum Gasteiger partial charge on any atom is 0.160 e. The van der Waals surface area contributed by atoms with Crippen molar-refractivity contribution in [3.63, 3.8) is 0 Å². The van der Waals surface area contributed by atoms with Crippen LogP contribution in [-0.4, -0.2) is 9.97 Å². The average molecular weight is 786 g/mol. The second-order valence-corrected chi connectivity index (χ2v) is 16.2. The molecule has 1 aromatic heterocycles. The summed E-state index contributed by atoms with van der Waals surface area (Å²) >= 11 is 0. The van der Waals surface area contributed by atoms with Gasteiger partial charge < -0.3 is 4.90 Å².